The van der Waals surface area contributed by atoms with Gasteiger partial charge in [-0.05, 0) is 18.8 Å². The van der Waals surface area contributed by atoms with Crippen LogP contribution in [0.3, 0.4) is 0 Å². The summed E-state index contributed by atoms with van der Waals surface area (Å²) in [7, 11) is -3.11. The molecule has 3 aliphatic heterocycles. The number of carbonyl (C=O) groups is 2. The molecule has 1 atom stereocenters. The van der Waals surface area contributed by atoms with Crippen LogP contribution in [0, 0.1) is 17.3 Å². The predicted octanol–water partition coefficient (Wildman–Crippen LogP) is 1.43. The van der Waals surface area contributed by atoms with Gasteiger partial charge in [-0.1, -0.05) is 19.9 Å². The molecule has 1 spiro atoms. The maximum atomic E-state index is 12.5. The normalized spacial score (nSPS) is 27.6. The van der Waals surface area contributed by atoms with Crippen LogP contribution in [0.15, 0.2) is 11.5 Å². The Balaban J connectivity index is 1.51. The van der Waals surface area contributed by atoms with Gasteiger partial charge in [0.2, 0.25) is 11.8 Å². The number of allylic oxidation sites excluding steroid dienone is 1. The first-order valence-electron chi connectivity index (χ1n) is 9.15. The summed E-state index contributed by atoms with van der Waals surface area (Å²) in [5.41, 5.74) is 0.0271. The Bertz CT molecular complexity index is 675. The van der Waals surface area contributed by atoms with Crippen molar-refractivity contribution in [2.24, 2.45) is 17.3 Å². The summed E-state index contributed by atoms with van der Waals surface area (Å²) in [5.74, 6) is 0.606. The summed E-state index contributed by atoms with van der Waals surface area (Å²) in [6, 6.07) is 0. The maximum Gasteiger partial charge on any atom is 0.223 e. The number of hydrogen-bond donors (Lipinski definition) is 0. The molecule has 0 bridgehead atoms. The summed E-state index contributed by atoms with van der Waals surface area (Å²) in [6.07, 6.45) is 4.22. The Morgan fingerprint density at radius 1 is 1.32 bits per heavy atom. The second-order valence-electron chi connectivity index (χ2n) is 8.35. The first-order chi connectivity index (χ1) is 11.7. The fourth-order valence-corrected chi connectivity index (χ4v) is 5.67. The van der Waals surface area contributed by atoms with Gasteiger partial charge in [-0.25, -0.2) is 8.42 Å². The van der Waals surface area contributed by atoms with Gasteiger partial charge in [-0.3, -0.25) is 9.59 Å². The van der Waals surface area contributed by atoms with Crippen LogP contribution in [-0.4, -0.2) is 62.0 Å². The number of likely N-dealkylation sites (tertiary alicyclic amines) is 2. The largest absolute Gasteiger partial charge is 0.343 e. The SMILES string of the molecule is CC(C)CN1CC2(CCN(C(=O)CC3C=CS(=O)(=O)C3)CC2)CC1=O. The van der Waals surface area contributed by atoms with Gasteiger partial charge in [-0.2, -0.15) is 0 Å². The summed E-state index contributed by atoms with van der Waals surface area (Å²) in [5, 5.41) is 1.23. The Hall–Kier alpha value is -1.37. The zero-order chi connectivity index (χ0) is 18.2. The van der Waals surface area contributed by atoms with E-state index in [1.54, 1.807) is 6.08 Å². The first-order valence-corrected chi connectivity index (χ1v) is 10.9. The molecule has 0 aromatic carbocycles. The van der Waals surface area contributed by atoms with Crippen LogP contribution in [0.2, 0.25) is 0 Å². The van der Waals surface area contributed by atoms with Crippen molar-refractivity contribution in [3.8, 4) is 0 Å². The topological polar surface area (TPSA) is 74.8 Å². The van der Waals surface area contributed by atoms with E-state index >= 15 is 0 Å². The number of nitrogens with zero attached hydrogens (tertiary/aromatic N) is 2. The van der Waals surface area contributed by atoms with Crippen molar-refractivity contribution >= 4 is 21.7 Å². The number of carbonyl (C=O) groups excluding carboxylic acids is 2. The van der Waals surface area contributed by atoms with Gasteiger partial charge >= 0.3 is 0 Å². The van der Waals surface area contributed by atoms with Crippen molar-refractivity contribution in [2.75, 3.05) is 31.9 Å². The zero-order valence-electron chi connectivity index (χ0n) is 15.1. The lowest BCUT2D eigenvalue weighted by atomic mass is 9.77. The molecule has 6 nitrogen and oxygen atoms in total. The first kappa shape index (κ1) is 18.4. The molecule has 0 aromatic rings. The summed E-state index contributed by atoms with van der Waals surface area (Å²) >= 11 is 0. The molecule has 140 valence electrons. The second kappa shape index (κ2) is 6.74. The molecule has 0 saturated carbocycles. The lowest BCUT2D eigenvalue weighted by molar-refractivity contribution is -0.134. The zero-order valence-corrected chi connectivity index (χ0v) is 15.9. The number of sulfone groups is 1. The standard InChI is InChI=1S/C18H28N2O4S/c1-14(2)11-20-13-18(10-17(20)22)4-6-19(7-5-18)16(21)9-15-3-8-25(23,24)12-15/h3,8,14-15H,4-7,9-13H2,1-2H3. The van der Waals surface area contributed by atoms with Crippen LogP contribution >= 0.6 is 0 Å². The smallest absolute Gasteiger partial charge is 0.223 e. The number of piperidine rings is 1. The Kier molecular flexibility index (Phi) is 4.97. The van der Waals surface area contributed by atoms with Crippen LogP contribution in [0.25, 0.3) is 0 Å². The molecule has 3 aliphatic rings. The van der Waals surface area contributed by atoms with Crippen LogP contribution < -0.4 is 0 Å². The van der Waals surface area contributed by atoms with Gasteiger partial charge in [0.1, 0.15) is 0 Å². The molecule has 2 amide bonds. The van der Waals surface area contributed by atoms with Crippen molar-refractivity contribution in [1.29, 1.82) is 0 Å². The van der Waals surface area contributed by atoms with Crippen LogP contribution in [-0.2, 0) is 19.4 Å². The van der Waals surface area contributed by atoms with Crippen molar-refractivity contribution in [3.05, 3.63) is 11.5 Å². The minimum absolute atomic E-state index is 0.0271. The van der Waals surface area contributed by atoms with E-state index in [-0.39, 0.29) is 35.3 Å². The highest BCUT2D eigenvalue weighted by atomic mass is 32.2. The van der Waals surface area contributed by atoms with Crippen LogP contribution in [0.1, 0.15) is 39.5 Å². The molecule has 3 rings (SSSR count). The third kappa shape index (κ3) is 4.25. The molecule has 2 saturated heterocycles. The summed E-state index contributed by atoms with van der Waals surface area (Å²) in [6.45, 7) is 7.21. The lowest BCUT2D eigenvalue weighted by Crippen LogP contribution is -2.44. The fourth-order valence-electron chi connectivity index (χ4n) is 4.27. The van der Waals surface area contributed by atoms with Gasteiger partial charge in [0.15, 0.2) is 9.84 Å². The van der Waals surface area contributed by atoms with Crippen molar-refractivity contribution in [3.63, 3.8) is 0 Å². The molecule has 0 aliphatic carbocycles. The molecule has 0 aromatic heterocycles. The Morgan fingerprint density at radius 3 is 2.56 bits per heavy atom. The molecule has 2 fully saturated rings. The number of hydrogen-bond acceptors (Lipinski definition) is 4. The highest BCUT2D eigenvalue weighted by Gasteiger charge is 2.45. The third-order valence-electron chi connectivity index (χ3n) is 5.61. The Labute approximate surface area is 150 Å². The van der Waals surface area contributed by atoms with E-state index in [1.165, 1.54) is 5.41 Å². The molecule has 7 heteroatoms. The molecule has 0 radical (unpaired) electrons. The summed E-state index contributed by atoms with van der Waals surface area (Å²) in [4.78, 5) is 28.6. The van der Waals surface area contributed by atoms with E-state index in [1.807, 2.05) is 9.80 Å². The molecule has 25 heavy (non-hydrogen) atoms. The quantitative estimate of drug-likeness (QED) is 0.752. The summed E-state index contributed by atoms with van der Waals surface area (Å²) < 4.78 is 22.9. The minimum Gasteiger partial charge on any atom is -0.343 e. The van der Waals surface area contributed by atoms with E-state index in [2.05, 4.69) is 13.8 Å². The molecule has 1 unspecified atom stereocenters. The van der Waals surface area contributed by atoms with Gasteiger partial charge in [-0.15, -0.1) is 0 Å². The van der Waals surface area contributed by atoms with Crippen molar-refractivity contribution in [2.45, 2.75) is 39.5 Å². The highest BCUT2D eigenvalue weighted by Crippen LogP contribution is 2.41. The maximum absolute atomic E-state index is 12.5. The monoisotopic (exact) mass is 368 g/mol. The van der Waals surface area contributed by atoms with Crippen LogP contribution in [0.5, 0.6) is 0 Å². The van der Waals surface area contributed by atoms with Gasteiger partial charge in [0.05, 0.1) is 5.75 Å². The second-order valence-corrected chi connectivity index (χ2v) is 10.3. The van der Waals surface area contributed by atoms with Crippen molar-refractivity contribution < 1.29 is 18.0 Å². The highest BCUT2D eigenvalue weighted by molar-refractivity contribution is 7.94. The molecule has 3 heterocycles. The van der Waals surface area contributed by atoms with E-state index in [0.29, 0.717) is 25.4 Å². The Morgan fingerprint density at radius 2 is 2.00 bits per heavy atom. The number of rotatable bonds is 4. The molecular formula is C18H28N2O4S. The molecular weight excluding hydrogens is 340 g/mol. The van der Waals surface area contributed by atoms with E-state index in [9.17, 15) is 18.0 Å². The molecule has 0 N–H and O–H groups in total. The van der Waals surface area contributed by atoms with Gasteiger partial charge < -0.3 is 9.80 Å². The average Bonchev–Trinajstić information content (AvgIpc) is 2.99. The predicted molar refractivity (Wildman–Crippen MR) is 95.3 cm³/mol. The lowest BCUT2D eigenvalue weighted by Gasteiger charge is -2.39. The minimum atomic E-state index is -3.11. The van der Waals surface area contributed by atoms with Gasteiger partial charge in [0.25, 0.3) is 0 Å². The van der Waals surface area contributed by atoms with Crippen molar-refractivity contribution in [1.82, 2.24) is 9.80 Å². The van der Waals surface area contributed by atoms with E-state index in [0.717, 1.165) is 25.9 Å². The van der Waals surface area contributed by atoms with Crippen LogP contribution in [0.4, 0.5) is 0 Å². The van der Waals surface area contributed by atoms with Gasteiger partial charge in [0, 0.05) is 55.8 Å². The average molecular weight is 368 g/mol. The van der Waals surface area contributed by atoms with E-state index < -0.39 is 9.84 Å². The van der Waals surface area contributed by atoms with E-state index in [4.69, 9.17) is 0 Å². The third-order valence-corrected chi connectivity index (χ3v) is 7.07. The fraction of sp³-hybridized carbons (Fsp3) is 0.778. The number of amides is 2.